The van der Waals surface area contributed by atoms with Gasteiger partial charge < -0.3 is 19.2 Å². The van der Waals surface area contributed by atoms with Crippen LogP contribution in [0.5, 0.6) is 5.75 Å². The minimum atomic E-state index is 0.0642. The molecule has 3 rings (SSSR count). The zero-order valence-electron chi connectivity index (χ0n) is 14.5. The quantitative estimate of drug-likeness (QED) is 0.797. The third-order valence-corrected chi connectivity index (χ3v) is 4.31. The second kappa shape index (κ2) is 8.67. The van der Waals surface area contributed by atoms with E-state index in [4.69, 9.17) is 13.9 Å². The molecule has 0 bridgehead atoms. The lowest BCUT2D eigenvalue weighted by atomic mass is 10.1. The van der Waals surface area contributed by atoms with Crippen LogP contribution in [0.4, 0.5) is 0 Å². The van der Waals surface area contributed by atoms with Gasteiger partial charge >= 0.3 is 0 Å². The third kappa shape index (κ3) is 5.06. The zero-order valence-corrected chi connectivity index (χ0v) is 14.5. The lowest BCUT2D eigenvalue weighted by Crippen LogP contribution is -2.26. The van der Waals surface area contributed by atoms with E-state index in [0.717, 1.165) is 42.9 Å². The molecule has 1 amide bonds. The summed E-state index contributed by atoms with van der Waals surface area (Å²) in [5, 5.41) is 2.93. The van der Waals surface area contributed by atoms with Crippen LogP contribution < -0.4 is 10.1 Å². The Morgan fingerprint density at radius 3 is 2.92 bits per heavy atom. The molecule has 2 heterocycles. The van der Waals surface area contributed by atoms with Crippen LogP contribution >= 0.6 is 0 Å². The molecule has 0 spiro atoms. The first-order valence-electron chi connectivity index (χ1n) is 8.72. The lowest BCUT2D eigenvalue weighted by molar-refractivity contribution is -0.121. The van der Waals surface area contributed by atoms with Crippen LogP contribution in [0.15, 0.2) is 34.9 Å². The summed E-state index contributed by atoms with van der Waals surface area (Å²) < 4.78 is 16.2. The van der Waals surface area contributed by atoms with Gasteiger partial charge in [-0.1, -0.05) is 0 Å². The highest BCUT2D eigenvalue weighted by Crippen LogP contribution is 2.21. The van der Waals surface area contributed by atoms with Crippen LogP contribution in [0.2, 0.25) is 0 Å². The Labute approximate surface area is 147 Å². The Balaban J connectivity index is 1.41. The molecular weight excluding hydrogens is 320 g/mol. The molecule has 0 aliphatic carbocycles. The minimum absolute atomic E-state index is 0.0642. The number of hydrogen-bond acceptors (Lipinski definition) is 5. The van der Waals surface area contributed by atoms with Crippen molar-refractivity contribution in [3.8, 4) is 17.2 Å². The standard InChI is InChI=1S/C19H24N2O4/c1-23-16-6-4-14(5-7-16)19-21-15(13-25-19)10-11-20-18(22)9-8-17-3-2-12-24-17/h4-7,13,17H,2-3,8-12H2,1H3,(H,20,22). The molecule has 1 aliphatic heterocycles. The average molecular weight is 344 g/mol. The van der Waals surface area contributed by atoms with Gasteiger partial charge in [0, 0.05) is 31.6 Å². The number of aromatic nitrogens is 1. The molecule has 1 N–H and O–H groups in total. The minimum Gasteiger partial charge on any atom is -0.497 e. The summed E-state index contributed by atoms with van der Waals surface area (Å²) in [5.41, 5.74) is 1.72. The van der Waals surface area contributed by atoms with Gasteiger partial charge in [-0.3, -0.25) is 4.79 Å². The zero-order chi connectivity index (χ0) is 17.5. The molecule has 6 nitrogen and oxygen atoms in total. The number of benzene rings is 1. The van der Waals surface area contributed by atoms with E-state index in [1.165, 1.54) is 0 Å². The van der Waals surface area contributed by atoms with Gasteiger partial charge in [0.1, 0.15) is 12.0 Å². The van der Waals surface area contributed by atoms with Crippen molar-refractivity contribution >= 4 is 5.91 Å². The van der Waals surface area contributed by atoms with E-state index < -0.39 is 0 Å². The number of nitrogens with zero attached hydrogens (tertiary/aromatic N) is 1. The van der Waals surface area contributed by atoms with E-state index in [1.807, 2.05) is 24.3 Å². The topological polar surface area (TPSA) is 73.6 Å². The molecule has 1 saturated heterocycles. The van der Waals surface area contributed by atoms with Crippen LogP contribution in [0.25, 0.3) is 11.5 Å². The van der Waals surface area contributed by atoms with Crippen molar-refractivity contribution in [3.05, 3.63) is 36.2 Å². The second-order valence-corrected chi connectivity index (χ2v) is 6.15. The molecule has 1 aromatic heterocycles. The SMILES string of the molecule is COc1ccc(-c2nc(CCNC(=O)CCC3CCCO3)co2)cc1. The first kappa shape index (κ1) is 17.5. The Morgan fingerprint density at radius 2 is 2.20 bits per heavy atom. The summed E-state index contributed by atoms with van der Waals surface area (Å²) in [5.74, 6) is 1.43. The Morgan fingerprint density at radius 1 is 1.36 bits per heavy atom. The van der Waals surface area contributed by atoms with Crippen LogP contribution in [-0.4, -0.2) is 37.3 Å². The van der Waals surface area contributed by atoms with Crippen molar-refractivity contribution in [1.29, 1.82) is 0 Å². The van der Waals surface area contributed by atoms with Crippen LogP contribution in [-0.2, 0) is 16.0 Å². The molecule has 134 valence electrons. The maximum Gasteiger partial charge on any atom is 0.226 e. The number of nitrogens with one attached hydrogen (secondary N) is 1. The molecule has 1 fully saturated rings. The van der Waals surface area contributed by atoms with E-state index in [0.29, 0.717) is 25.3 Å². The van der Waals surface area contributed by atoms with Gasteiger partial charge in [-0.2, -0.15) is 0 Å². The summed E-state index contributed by atoms with van der Waals surface area (Å²) in [6.07, 6.45) is 6.03. The Bertz CT molecular complexity index is 675. The molecule has 0 saturated carbocycles. The lowest BCUT2D eigenvalue weighted by Gasteiger charge is -2.08. The molecule has 1 atom stereocenters. The fourth-order valence-corrected chi connectivity index (χ4v) is 2.87. The molecule has 1 aromatic carbocycles. The first-order chi connectivity index (χ1) is 12.2. The van der Waals surface area contributed by atoms with Crippen LogP contribution in [0, 0.1) is 0 Å². The number of ether oxygens (including phenoxy) is 2. The maximum atomic E-state index is 11.9. The average Bonchev–Trinajstić information content (AvgIpc) is 3.32. The highest BCUT2D eigenvalue weighted by atomic mass is 16.5. The summed E-state index contributed by atoms with van der Waals surface area (Å²) >= 11 is 0. The van der Waals surface area contributed by atoms with E-state index in [9.17, 15) is 4.79 Å². The van der Waals surface area contributed by atoms with Crippen molar-refractivity contribution in [1.82, 2.24) is 10.3 Å². The molecular formula is C19H24N2O4. The number of methoxy groups -OCH3 is 1. The number of amides is 1. The number of rotatable bonds is 8. The number of hydrogen-bond donors (Lipinski definition) is 1. The van der Waals surface area contributed by atoms with Gasteiger partial charge in [0.15, 0.2) is 0 Å². The molecule has 0 radical (unpaired) electrons. The predicted molar refractivity (Wildman–Crippen MR) is 93.4 cm³/mol. The Kier molecular flexibility index (Phi) is 6.06. The van der Waals surface area contributed by atoms with Gasteiger partial charge in [0.05, 0.1) is 18.9 Å². The summed E-state index contributed by atoms with van der Waals surface area (Å²) in [6, 6.07) is 7.55. The van der Waals surface area contributed by atoms with Gasteiger partial charge in [-0.15, -0.1) is 0 Å². The maximum absolute atomic E-state index is 11.9. The van der Waals surface area contributed by atoms with Crippen molar-refractivity contribution in [2.24, 2.45) is 0 Å². The normalized spacial score (nSPS) is 16.8. The number of oxazole rings is 1. The molecule has 1 unspecified atom stereocenters. The van der Waals surface area contributed by atoms with Gasteiger partial charge in [-0.05, 0) is 43.5 Å². The van der Waals surface area contributed by atoms with E-state index in [-0.39, 0.29) is 12.0 Å². The van der Waals surface area contributed by atoms with Crippen molar-refractivity contribution in [2.75, 3.05) is 20.3 Å². The summed E-state index contributed by atoms with van der Waals surface area (Å²) in [7, 11) is 1.63. The fraction of sp³-hybridized carbons (Fsp3) is 0.474. The summed E-state index contributed by atoms with van der Waals surface area (Å²) in [6.45, 7) is 1.38. The van der Waals surface area contributed by atoms with Crippen LogP contribution in [0.1, 0.15) is 31.4 Å². The fourth-order valence-electron chi connectivity index (χ4n) is 2.87. The monoisotopic (exact) mass is 344 g/mol. The van der Waals surface area contributed by atoms with Gasteiger partial charge in [0.25, 0.3) is 0 Å². The predicted octanol–water partition coefficient (Wildman–Crippen LogP) is 2.97. The smallest absolute Gasteiger partial charge is 0.226 e. The number of carbonyl (C=O) groups excluding carboxylic acids is 1. The third-order valence-electron chi connectivity index (χ3n) is 4.31. The van der Waals surface area contributed by atoms with E-state index in [2.05, 4.69) is 10.3 Å². The van der Waals surface area contributed by atoms with Crippen molar-refractivity contribution in [3.63, 3.8) is 0 Å². The first-order valence-corrected chi connectivity index (χ1v) is 8.72. The van der Waals surface area contributed by atoms with Crippen molar-refractivity contribution < 1.29 is 18.7 Å². The second-order valence-electron chi connectivity index (χ2n) is 6.15. The molecule has 1 aliphatic rings. The molecule has 25 heavy (non-hydrogen) atoms. The van der Waals surface area contributed by atoms with Gasteiger partial charge in [-0.25, -0.2) is 4.98 Å². The van der Waals surface area contributed by atoms with E-state index in [1.54, 1.807) is 13.4 Å². The largest absolute Gasteiger partial charge is 0.497 e. The van der Waals surface area contributed by atoms with Crippen molar-refractivity contribution in [2.45, 2.75) is 38.2 Å². The molecule has 6 heteroatoms. The van der Waals surface area contributed by atoms with Crippen LogP contribution in [0.3, 0.4) is 0 Å². The van der Waals surface area contributed by atoms with E-state index >= 15 is 0 Å². The molecule has 2 aromatic rings. The highest BCUT2D eigenvalue weighted by Gasteiger charge is 2.16. The Hall–Kier alpha value is -2.34. The number of carbonyl (C=O) groups is 1. The highest BCUT2D eigenvalue weighted by molar-refractivity contribution is 5.75. The van der Waals surface area contributed by atoms with Gasteiger partial charge in [0.2, 0.25) is 11.8 Å². The summed E-state index contributed by atoms with van der Waals surface area (Å²) in [4.78, 5) is 16.3.